The lowest BCUT2D eigenvalue weighted by Gasteiger charge is -1.90. The van der Waals surface area contributed by atoms with Crippen LogP contribution in [0.15, 0.2) is 25.6 Å². The third-order valence-electron chi connectivity index (χ3n) is 1.63. The first-order valence-electron chi connectivity index (χ1n) is 4.21. The van der Waals surface area contributed by atoms with Crippen molar-refractivity contribution < 1.29 is 9.90 Å². The fourth-order valence-electron chi connectivity index (χ4n) is 1.01. The number of aliphatic carboxylic acids is 1. The quantitative estimate of drug-likeness (QED) is 0.863. The highest BCUT2D eigenvalue weighted by molar-refractivity contribution is 9.11. The Morgan fingerprint density at radius 1 is 1.56 bits per heavy atom. The van der Waals surface area contributed by atoms with E-state index in [1.807, 2.05) is 17.5 Å². The number of carboxylic acids is 1. The summed E-state index contributed by atoms with van der Waals surface area (Å²) in [7, 11) is 0. The van der Waals surface area contributed by atoms with Gasteiger partial charge < -0.3 is 5.11 Å². The van der Waals surface area contributed by atoms with Crippen LogP contribution in [0.1, 0.15) is 0 Å². The first-order valence-corrected chi connectivity index (χ1v) is 7.68. The predicted molar refractivity (Wildman–Crippen MR) is 71.5 cm³/mol. The molecular weight excluding hydrogens is 330 g/mol. The number of thioether (sulfide) groups is 1. The number of nitrogens with zero attached hydrogens (tertiary/aromatic N) is 1. The van der Waals surface area contributed by atoms with E-state index in [-0.39, 0.29) is 5.75 Å². The van der Waals surface area contributed by atoms with Crippen LogP contribution in [0.5, 0.6) is 0 Å². The second-order valence-corrected chi connectivity index (χ2v) is 7.33. The van der Waals surface area contributed by atoms with Crippen LogP contribution in [0.4, 0.5) is 0 Å². The van der Waals surface area contributed by atoms with E-state index in [4.69, 9.17) is 5.11 Å². The Kier molecular flexibility index (Phi) is 4.01. The SMILES string of the molecule is O=C(O)CSc1nc(-c2ccc(Br)s2)cs1. The molecule has 0 radical (unpaired) electrons. The van der Waals surface area contributed by atoms with Gasteiger partial charge in [-0.05, 0) is 28.1 Å². The highest BCUT2D eigenvalue weighted by Crippen LogP contribution is 2.34. The highest BCUT2D eigenvalue weighted by Gasteiger charge is 2.08. The van der Waals surface area contributed by atoms with E-state index in [1.165, 1.54) is 23.1 Å². The molecule has 16 heavy (non-hydrogen) atoms. The summed E-state index contributed by atoms with van der Waals surface area (Å²) < 4.78 is 1.86. The summed E-state index contributed by atoms with van der Waals surface area (Å²) in [5, 5.41) is 10.5. The number of thiophene rings is 1. The average molecular weight is 336 g/mol. The van der Waals surface area contributed by atoms with E-state index >= 15 is 0 Å². The minimum atomic E-state index is -0.819. The normalized spacial score (nSPS) is 10.6. The van der Waals surface area contributed by atoms with Gasteiger partial charge >= 0.3 is 5.97 Å². The Labute approximate surface area is 113 Å². The lowest BCUT2D eigenvalue weighted by Crippen LogP contribution is -1.96. The molecule has 2 aromatic heterocycles. The van der Waals surface area contributed by atoms with Crippen LogP contribution in [0.2, 0.25) is 0 Å². The molecule has 0 fully saturated rings. The van der Waals surface area contributed by atoms with Crippen LogP contribution >= 0.6 is 50.4 Å². The molecule has 0 bridgehead atoms. The van der Waals surface area contributed by atoms with Crippen LogP contribution in [0.25, 0.3) is 10.6 Å². The molecule has 0 aliphatic heterocycles. The van der Waals surface area contributed by atoms with Gasteiger partial charge in [-0.2, -0.15) is 0 Å². The van der Waals surface area contributed by atoms with Gasteiger partial charge in [0.2, 0.25) is 0 Å². The topological polar surface area (TPSA) is 50.2 Å². The van der Waals surface area contributed by atoms with Gasteiger partial charge in [0, 0.05) is 5.38 Å². The molecule has 2 rings (SSSR count). The summed E-state index contributed by atoms with van der Waals surface area (Å²) in [6.45, 7) is 0. The Hall–Kier alpha value is -0.370. The van der Waals surface area contributed by atoms with Gasteiger partial charge in [-0.25, -0.2) is 4.98 Å². The van der Waals surface area contributed by atoms with Gasteiger partial charge in [0.25, 0.3) is 0 Å². The standard InChI is InChI=1S/C9H6BrNO2S3/c10-7-2-1-6(16-7)5-3-14-9(11-5)15-4-8(12)13/h1-3H,4H2,(H,12,13). The highest BCUT2D eigenvalue weighted by atomic mass is 79.9. The molecule has 0 saturated carbocycles. The first kappa shape index (κ1) is 12.1. The summed E-state index contributed by atoms with van der Waals surface area (Å²) in [5.41, 5.74) is 0.911. The minimum Gasteiger partial charge on any atom is -0.481 e. The summed E-state index contributed by atoms with van der Waals surface area (Å²) in [6.07, 6.45) is 0. The van der Waals surface area contributed by atoms with Gasteiger partial charge in [-0.3, -0.25) is 4.79 Å². The van der Waals surface area contributed by atoms with Crippen molar-refractivity contribution >= 4 is 56.3 Å². The molecule has 0 spiro atoms. The number of halogens is 1. The number of hydrogen-bond acceptors (Lipinski definition) is 5. The first-order chi connectivity index (χ1) is 7.65. The fourth-order valence-corrected chi connectivity index (χ4v) is 3.98. The monoisotopic (exact) mass is 335 g/mol. The van der Waals surface area contributed by atoms with Crippen molar-refractivity contribution in [2.75, 3.05) is 5.75 Å². The molecule has 0 amide bonds. The molecule has 0 unspecified atom stereocenters. The van der Waals surface area contributed by atoms with E-state index in [0.717, 1.165) is 18.7 Å². The molecule has 0 aliphatic carbocycles. The third kappa shape index (κ3) is 3.07. The molecule has 1 N–H and O–H groups in total. The maximum atomic E-state index is 10.4. The number of thiazole rings is 1. The van der Waals surface area contributed by atoms with Crippen LogP contribution < -0.4 is 0 Å². The lowest BCUT2D eigenvalue weighted by atomic mass is 10.4. The van der Waals surface area contributed by atoms with Gasteiger partial charge in [0.05, 0.1) is 20.1 Å². The van der Waals surface area contributed by atoms with E-state index in [0.29, 0.717) is 0 Å². The molecule has 0 atom stereocenters. The van der Waals surface area contributed by atoms with E-state index in [1.54, 1.807) is 11.3 Å². The van der Waals surface area contributed by atoms with Crippen molar-refractivity contribution in [2.24, 2.45) is 0 Å². The van der Waals surface area contributed by atoms with Crippen LogP contribution in [0.3, 0.4) is 0 Å². The maximum absolute atomic E-state index is 10.4. The number of carbonyl (C=O) groups is 1. The van der Waals surface area contributed by atoms with Crippen molar-refractivity contribution in [3.63, 3.8) is 0 Å². The molecule has 0 aliphatic rings. The summed E-state index contributed by atoms with van der Waals surface area (Å²) in [5.74, 6) is -0.762. The zero-order valence-corrected chi connectivity index (χ0v) is 11.9. The molecular formula is C9H6BrNO2S3. The van der Waals surface area contributed by atoms with Crippen molar-refractivity contribution in [3.8, 4) is 10.6 Å². The summed E-state index contributed by atoms with van der Waals surface area (Å²) >= 11 is 7.74. The predicted octanol–water partition coefficient (Wildman–Crippen LogP) is 3.81. The Bertz CT molecular complexity index is 508. The van der Waals surface area contributed by atoms with Crippen LogP contribution in [-0.4, -0.2) is 21.8 Å². The fraction of sp³-hybridized carbons (Fsp3) is 0.111. The lowest BCUT2D eigenvalue weighted by molar-refractivity contribution is -0.133. The second kappa shape index (κ2) is 5.31. The molecule has 0 aromatic carbocycles. The number of rotatable bonds is 4. The average Bonchev–Trinajstić information content (AvgIpc) is 2.83. The zero-order chi connectivity index (χ0) is 11.5. The van der Waals surface area contributed by atoms with Gasteiger partial charge in [-0.1, -0.05) is 11.8 Å². The second-order valence-electron chi connectivity index (χ2n) is 2.78. The van der Waals surface area contributed by atoms with Gasteiger partial charge in [-0.15, -0.1) is 22.7 Å². The molecule has 7 heteroatoms. The van der Waals surface area contributed by atoms with Crippen molar-refractivity contribution in [3.05, 3.63) is 21.3 Å². The molecule has 0 saturated heterocycles. The maximum Gasteiger partial charge on any atom is 0.313 e. The number of hydrogen-bond donors (Lipinski definition) is 1. The zero-order valence-electron chi connectivity index (χ0n) is 7.84. The minimum absolute atomic E-state index is 0.0566. The van der Waals surface area contributed by atoms with Crippen molar-refractivity contribution in [1.82, 2.24) is 4.98 Å². The van der Waals surface area contributed by atoms with Crippen LogP contribution in [-0.2, 0) is 4.79 Å². The van der Waals surface area contributed by atoms with Crippen molar-refractivity contribution in [1.29, 1.82) is 0 Å². The largest absolute Gasteiger partial charge is 0.481 e. The Morgan fingerprint density at radius 3 is 3.00 bits per heavy atom. The smallest absolute Gasteiger partial charge is 0.313 e. The molecule has 2 aromatic rings. The molecule has 3 nitrogen and oxygen atoms in total. The Morgan fingerprint density at radius 2 is 2.38 bits per heavy atom. The third-order valence-corrected chi connectivity index (χ3v) is 5.28. The number of carboxylic acid groups (broad SMARTS) is 1. The summed E-state index contributed by atoms with van der Waals surface area (Å²) in [4.78, 5) is 15.9. The van der Waals surface area contributed by atoms with E-state index in [9.17, 15) is 4.79 Å². The van der Waals surface area contributed by atoms with Crippen LogP contribution in [0, 0.1) is 0 Å². The van der Waals surface area contributed by atoms with Crippen molar-refractivity contribution in [2.45, 2.75) is 4.34 Å². The molecule has 2 heterocycles. The van der Waals surface area contributed by atoms with Gasteiger partial charge in [0.1, 0.15) is 0 Å². The van der Waals surface area contributed by atoms with E-state index in [2.05, 4.69) is 20.9 Å². The number of aromatic nitrogens is 1. The van der Waals surface area contributed by atoms with E-state index < -0.39 is 5.97 Å². The Balaban J connectivity index is 2.10. The van der Waals surface area contributed by atoms with Gasteiger partial charge in [0.15, 0.2) is 4.34 Å². The molecule has 84 valence electrons. The summed E-state index contributed by atoms with van der Waals surface area (Å²) in [6, 6.07) is 3.97.